The first-order chi connectivity index (χ1) is 11.1. The number of nitrogens with one attached hydrogen (secondary N) is 3. The molecule has 2 amide bonds. The standard InChI is InChI=1S/C16H13F2N3O2/c17-15(18)23-13-3-1-2-11(8-13)20-16(22)21-12-5-4-10-6-7-19-14(10)9-12/h1-9,15,19H,(H2,20,21,22). The Morgan fingerprint density at radius 3 is 2.61 bits per heavy atom. The molecule has 5 nitrogen and oxygen atoms in total. The van der Waals surface area contributed by atoms with Crippen LogP contribution in [0.2, 0.25) is 0 Å². The van der Waals surface area contributed by atoms with Gasteiger partial charge in [0.1, 0.15) is 5.75 Å². The Morgan fingerprint density at radius 1 is 1.04 bits per heavy atom. The number of hydrogen-bond donors (Lipinski definition) is 3. The number of ether oxygens (including phenoxy) is 1. The van der Waals surface area contributed by atoms with Gasteiger partial charge in [0.05, 0.1) is 0 Å². The van der Waals surface area contributed by atoms with Gasteiger partial charge >= 0.3 is 12.6 Å². The van der Waals surface area contributed by atoms with Gasteiger partial charge in [0.15, 0.2) is 0 Å². The highest BCUT2D eigenvalue weighted by atomic mass is 19.3. The number of hydrogen-bond acceptors (Lipinski definition) is 2. The Hall–Kier alpha value is -3.09. The fraction of sp³-hybridized carbons (Fsp3) is 0.0625. The molecule has 1 heterocycles. The highest BCUT2D eigenvalue weighted by Crippen LogP contribution is 2.20. The number of fused-ring (bicyclic) bond motifs is 1. The van der Waals surface area contributed by atoms with E-state index in [0.717, 1.165) is 10.9 Å². The second-order valence-corrected chi connectivity index (χ2v) is 4.77. The van der Waals surface area contributed by atoms with Crippen LogP contribution in [0.3, 0.4) is 0 Å². The third-order valence-electron chi connectivity index (χ3n) is 3.13. The molecule has 0 bridgehead atoms. The van der Waals surface area contributed by atoms with E-state index in [-0.39, 0.29) is 5.75 Å². The number of amides is 2. The number of carbonyl (C=O) groups excluding carboxylic acids is 1. The van der Waals surface area contributed by atoms with E-state index in [1.54, 1.807) is 18.2 Å². The van der Waals surface area contributed by atoms with E-state index >= 15 is 0 Å². The van der Waals surface area contributed by atoms with Crippen molar-refractivity contribution in [2.45, 2.75) is 6.61 Å². The normalized spacial score (nSPS) is 10.7. The zero-order valence-electron chi connectivity index (χ0n) is 11.8. The predicted octanol–water partition coefficient (Wildman–Crippen LogP) is 4.41. The Balaban J connectivity index is 1.66. The van der Waals surface area contributed by atoms with Crippen molar-refractivity contribution in [1.29, 1.82) is 0 Å². The van der Waals surface area contributed by atoms with Gasteiger partial charge in [-0.1, -0.05) is 12.1 Å². The average Bonchev–Trinajstić information content (AvgIpc) is 2.94. The van der Waals surface area contributed by atoms with Crippen LogP contribution in [0.5, 0.6) is 5.75 Å². The number of alkyl halides is 2. The minimum Gasteiger partial charge on any atom is -0.435 e. The molecular formula is C16H13F2N3O2. The molecule has 7 heteroatoms. The second kappa shape index (κ2) is 6.35. The van der Waals surface area contributed by atoms with Crippen LogP contribution in [0.1, 0.15) is 0 Å². The number of aromatic nitrogens is 1. The van der Waals surface area contributed by atoms with Gasteiger partial charge < -0.3 is 20.4 Å². The van der Waals surface area contributed by atoms with Gasteiger partial charge in [-0.2, -0.15) is 8.78 Å². The predicted molar refractivity (Wildman–Crippen MR) is 84.0 cm³/mol. The monoisotopic (exact) mass is 317 g/mol. The Kier molecular flexibility index (Phi) is 4.09. The highest BCUT2D eigenvalue weighted by molar-refractivity contribution is 6.01. The molecule has 118 valence electrons. The number of halogens is 2. The van der Waals surface area contributed by atoms with Gasteiger partial charge in [-0.3, -0.25) is 0 Å². The molecule has 0 atom stereocenters. The molecule has 0 saturated heterocycles. The summed E-state index contributed by atoms with van der Waals surface area (Å²) in [5.74, 6) is -0.0226. The average molecular weight is 317 g/mol. The van der Waals surface area contributed by atoms with Gasteiger partial charge in [-0.25, -0.2) is 4.79 Å². The van der Waals surface area contributed by atoms with Crippen molar-refractivity contribution in [2.24, 2.45) is 0 Å². The number of carbonyl (C=O) groups is 1. The lowest BCUT2D eigenvalue weighted by molar-refractivity contribution is -0.0497. The minimum atomic E-state index is -2.91. The zero-order valence-corrected chi connectivity index (χ0v) is 11.8. The molecule has 0 saturated carbocycles. The van der Waals surface area contributed by atoms with Crippen LogP contribution in [0.4, 0.5) is 25.0 Å². The Bertz CT molecular complexity index is 833. The van der Waals surface area contributed by atoms with E-state index in [1.807, 2.05) is 18.3 Å². The van der Waals surface area contributed by atoms with Crippen LogP contribution < -0.4 is 15.4 Å². The highest BCUT2D eigenvalue weighted by Gasteiger charge is 2.07. The maximum absolute atomic E-state index is 12.2. The first kappa shape index (κ1) is 14.8. The molecule has 0 unspecified atom stereocenters. The minimum absolute atomic E-state index is 0.0226. The fourth-order valence-electron chi connectivity index (χ4n) is 2.17. The van der Waals surface area contributed by atoms with Crippen LogP contribution in [0, 0.1) is 0 Å². The van der Waals surface area contributed by atoms with Crippen molar-refractivity contribution in [1.82, 2.24) is 4.98 Å². The van der Waals surface area contributed by atoms with Crippen molar-refractivity contribution < 1.29 is 18.3 Å². The van der Waals surface area contributed by atoms with Crippen LogP contribution >= 0.6 is 0 Å². The Labute approximate surface area is 130 Å². The fourth-order valence-corrected chi connectivity index (χ4v) is 2.17. The van der Waals surface area contributed by atoms with Gasteiger partial charge in [-0.05, 0) is 35.7 Å². The first-order valence-electron chi connectivity index (χ1n) is 6.80. The van der Waals surface area contributed by atoms with E-state index in [9.17, 15) is 13.6 Å². The van der Waals surface area contributed by atoms with E-state index in [0.29, 0.717) is 11.4 Å². The van der Waals surface area contributed by atoms with Gasteiger partial charge in [0.2, 0.25) is 0 Å². The lowest BCUT2D eigenvalue weighted by Crippen LogP contribution is -2.19. The summed E-state index contributed by atoms with van der Waals surface area (Å²) in [5, 5.41) is 6.27. The van der Waals surface area contributed by atoms with E-state index in [1.165, 1.54) is 18.2 Å². The zero-order chi connectivity index (χ0) is 16.2. The van der Waals surface area contributed by atoms with Crippen molar-refractivity contribution in [2.75, 3.05) is 10.6 Å². The molecule has 23 heavy (non-hydrogen) atoms. The van der Waals surface area contributed by atoms with Gasteiger partial charge in [0, 0.05) is 29.2 Å². The Morgan fingerprint density at radius 2 is 1.83 bits per heavy atom. The van der Waals surface area contributed by atoms with E-state index in [4.69, 9.17) is 0 Å². The molecule has 3 rings (SSSR count). The SMILES string of the molecule is O=C(Nc1cccc(OC(F)F)c1)Nc1ccc2cc[nH]c2c1. The lowest BCUT2D eigenvalue weighted by Gasteiger charge is -2.09. The third-order valence-corrected chi connectivity index (χ3v) is 3.13. The van der Waals surface area contributed by atoms with E-state index < -0.39 is 12.6 Å². The molecule has 3 aromatic rings. The van der Waals surface area contributed by atoms with Crippen LogP contribution in [-0.4, -0.2) is 17.6 Å². The molecule has 0 fully saturated rings. The number of urea groups is 1. The molecule has 2 aromatic carbocycles. The van der Waals surface area contributed by atoms with Crippen molar-refractivity contribution >= 4 is 28.3 Å². The molecule has 0 spiro atoms. The summed E-state index contributed by atoms with van der Waals surface area (Å²) < 4.78 is 28.6. The van der Waals surface area contributed by atoms with Crippen LogP contribution in [-0.2, 0) is 0 Å². The number of aromatic amines is 1. The van der Waals surface area contributed by atoms with Crippen molar-refractivity contribution in [3.63, 3.8) is 0 Å². The smallest absolute Gasteiger partial charge is 0.387 e. The summed E-state index contributed by atoms with van der Waals surface area (Å²) in [5.41, 5.74) is 1.86. The summed E-state index contributed by atoms with van der Waals surface area (Å²) in [7, 11) is 0. The summed E-state index contributed by atoms with van der Waals surface area (Å²) in [6.07, 6.45) is 1.81. The number of H-pyrrole nitrogens is 1. The lowest BCUT2D eigenvalue weighted by atomic mass is 10.2. The molecule has 1 aromatic heterocycles. The number of benzene rings is 2. The second-order valence-electron chi connectivity index (χ2n) is 4.77. The van der Waals surface area contributed by atoms with Crippen molar-refractivity contribution in [3.05, 3.63) is 54.7 Å². The third kappa shape index (κ3) is 3.76. The topological polar surface area (TPSA) is 66.2 Å². The molecule has 0 radical (unpaired) electrons. The maximum Gasteiger partial charge on any atom is 0.387 e. The van der Waals surface area contributed by atoms with Crippen molar-refractivity contribution in [3.8, 4) is 5.75 Å². The summed E-state index contributed by atoms with van der Waals surface area (Å²) in [6.45, 7) is -2.91. The first-order valence-corrected chi connectivity index (χ1v) is 6.80. The molecule has 0 aliphatic heterocycles. The summed E-state index contributed by atoms with van der Waals surface area (Å²) >= 11 is 0. The van der Waals surface area contributed by atoms with E-state index in [2.05, 4.69) is 20.4 Å². The number of rotatable bonds is 4. The molecular weight excluding hydrogens is 304 g/mol. The quantitative estimate of drug-likeness (QED) is 0.667. The molecule has 0 aliphatic rings. The molecule has 3 N–H and O–H groups in total. The van der Waals surface area contributed by atoms with Crippen LogP contribution in [0.25, 0.3) is 10.9 Å². The van der Waals surface area contributed by atoms with Gasteiger partial charge in [0.25, 0.3) is 0 Å². The maximum atomic E-state index is 12.2. The van der Waals surface area contributed by atoms with Crippen LogP contribution in [0.15, 0.2) is 54.7 Å². The van der Waals surface area contributed by atoms with Gasteiger partial charge in [-0.15, -0.1) is 0 Å². The largest absolute Gasteiger partial charge is 0.435 e. The summed E-state index contributed by atoms with van der Waals surface area (Å²) in [4.78, 5) is 15.0. The molecule has 0 aliphatic carbocycles. The number of anilines is 2. The summed E-state index contributed by atoms with van der Waals surface area (Å²) in [6, 6.07) is 12.7.